The number of para-hydroxylation sites is 1. The summed E-state index contributed by atoms with van der Waals surface area (Å²) in [7, 11) is 1.85. The number of amides is 1. The maximum atomic E-state index is 13.4. The first kappa shape index (κ1) is 19.7. The Morgan fingerprint density at radius 2 is 1.78 bits per heavy atom. The summed E-state index contributed by atoms with van der Waals surface area (Å²) in [6.07, 6.45) is 3.42. The number of aromatic nitrogens is 5. The second-order valence-electron chi connectivity index (χ2n) is 7.80. The SMILES string of the molecule is Cc1cccc(-c2nn(-c3ccccc3)cc2C(=O)Nc2cnc3c(c2)c(C)nn3C)c1. The van der Waals surface area contributed by atoms with Gasteiger partial charge in [-0.2, -0.15) is 10.2 Å². The number of rotatable bonds is 4. The van der Waals surface area contributed by atoms with E-state index in [1.165, 1.54) is 0 Å². The van der Waals surface area contributed by atoms with Crippen LogP contribution in [0.5, 0.6) is 0 Å². The van der Waals surface area contributed by atoms with Crippen molar-refractivity contribution in [1.29, 1.82) is 0 Å². The van der Waals surface area contributed by atoms with E-state index in [9.17, 15) is 4.79 Å². The third-order valence-electron chi connectivity index (χ3n) is 5.39. The third-order valence-corrected chi connectivity index (χ3v) is 5.39. The van der Waals surface area contributed by atoms with Crippen molar-refractivity contribution in [2.24, 2.45) is 7.05 Å². The highest BCUT2D eigenvalue weighted by molar-refractivity contribution is 6.08. The van der Waals surface area contributed by atoms with Crippen LogP contribution in [0.15, 0.2) is 73.1 Å². The zero-order valence-electron chi connectivity index (χ0n) is 18.1. The van der Waals surface area contributed by atoms with Crippen molar-refractivity contribution >= 4 is 22.6 Å². The van der Waals surface area contributed by atoms with E-state index < -0.39 is 0 Å². The van der Waals surface area contributed by atoms with Gasteiger partial charge in [0.25, 0.3) is 5.91 Å². The fourth-order valence-electron chi connectivity index (χ4n) is 3.83. The first-order valence-corrected chi connectivity index (χ1v) is 10.3. The second-order valence-corrected chi connectivity index (χ2v) is 7.80. The number of carbonyl (C=O) groups is 1. The van der Waals surface area contributed by atoms with Crippen LogP contribution in [-0.2, 0) is 7.05 Å². The van der Waals surface area contributed by atoms with Crippen molar-refractivity contribution in [3.63, 3.8) is 0 Å². The van der Waals surface area contributed by atoms with E-state index in [4.69, 9.17) is 5.10 Å². The van der Waals surface area contributed by atoms with Gasteiger partial charge in [-0.25, -0.2) is 9.67 Å². The number of carbonyl (C=O) groups excluding carboxylic acids is 1. The molecule has 0 radical (unpaired) electrons. The van der Waals surface area contributed by atoms with E-state index >= 15 is 0 Å². The fraction of sp³-hybridized carbons (Fsp3) is 0.120. The number of anilines is 1. The maximum absolute atomic E-state index is 13.4. The Kier molecular flexibility index (Phi) is 4.78. The molecule has 1 N–H and O–H groups in total. The summed E-state index contributed by atoms with van der Waals surface area (Å²) in [6, 6.07) is 19.6. The molecule has 0 aliphatic carbocycles. The van der Waals surface area contributed by atoms with Gasteiger partial charge < -0.3 is 5.32 Å². The van der Waals surface area contributed by atoms with Crippen molar-refractivity contribution < 1.29 is 4.79 Å². The Morgan fingerprint density at radius 1 is 0.969 bits per heavy atom. The highest BCUT2D eigenvalue weighted by atomic mass is 16.1. The predicted octanol–water partition coefficient (Wildman–Crippen LogP) is 4.69. The molecule has 7 heteroatoms. The van der Waals surface area contributed by atoms with Gasteiger partial charge >= 0.3 is 0 Å². The quantitative estimate of drug-likeness (QED) is 0.456. The summed E-state index contributed by atoms with van der Waals surface area (Å²) in [5, 5.41) is 13.0. The molecule has 5 aromatic rings. The molecule has 5 rings (SSSR count). The Bertz CT molecular complexity index is 1450. The van der Waals surface area contributed by atoms with Gasteiger partial charge in [-0.1, -0.05) is 42.0 Å². The van der Waals surface area contributed by atoms with Crippen LogP contribution < -0.4 is 5.32 Å². The Morgan fingerprint density at radius 3 is 2.56 bits per heavy atom. The van der Waals surface area contributed by atoms with Gasteiger partial charge in [0.1, 0.15) is 5.69 Å². The minimum Gasteiger partial charge on any atom is -0.320 e. The monoisotopic (exact) mass is 422 g/mol. The minimum absolute atomic E-state index is 0.244. The molecule has 7 nitrogen and oxygen atoms in total. The topological polar surface area (TPSA) is 77.6 Å². The molecule has 0 saturated heterocycles. The second kappa shape index (κ2) is 7.77. The summed E-state index contributed by atoms with van der Waals surface area (Å²) in [5.41, 5.74) is 6.24. The molecule has 0 atom stereocenters. The molecule has 0 aliphatic heterocycles. The van der Waals surface area contributed by atoms with Gasteiger partial charge in [-0.3, -0.25) is 9.48 Å². The van der Waals surface area contributed by atoms with Crippen molar-refractivity contribution in [1.82, 2.24) is 24.5 Å². The lowest BCUT2D eigenvalue weighted by Crippen LogP contribution is -2.12. The summed E-state index contributed by atoms with van der Waals surface area (Å²) in [6.45, 7) is 3.95. The molecule has 0 spiro atoms. The molecular formula is C25H22N6O. The van der Waals surface area contributed by atoms with Crippen molar-refractivity contribution in [2.45, 2.75) is 13.8 Å². The van der Waals surface area contributed by atoms with Crippen LogP contribution in [0.1, 0.15) is 21.6 Å². The number of hydrogen-bond acceptors (Lipinski definition) is 4. The first-order valence-electron chi connectivity index (χ1n) is 10.3. The van der Waals surface area contributed by atoms with Gasteiger partial charge in [-0.15, -0.1) is 0 Å². The lowest BCUT2D eigenvalue weighted by molar-refractivity contribution is 0.102. The maximum Gasteiger partial charge on any atom is 0.259 e. The molecular weight excluding hydrogens is 400 g/mol. The largest absolute Gasteiger partial charge is 0.320 e. The van der Waals surface area contributed by atoms with Crippen LogP contribution in [0.25, 0.3) is 28.0 Å². The Balaban J connectivity index is 1.56. The standard InChI is InChI=1S/C25H22N6O/c1-16-8-7-9-18(12-16)23-22(15-31(29-23)20-10-5-4-6-11-20)25(32)27-19-13-21-17(2)28-30(3)24(21)26-14-19/h4-15H,1-3H3,(H,27,32). The van der Waals surface area contributed by atoms with E-state index in [1.807, 2.05) is 81.6 Å². The number of hydrogen-bond donors (Lipinski definition) is 1. The van der Waals surface area contributed by atoms with Crippen LogP contribution in [0, 0.1) is 13.8 Å². The lowest BCUT2D eigenvalue weighted by Gasteiger charge is -2.06. The predicted molar refractivity (Wildman–Crippen MR) is 125 cm³/mol. The highest BCUT2D eigenvalue weighted by Crippen LogP contribution is 2.26. The molecule has 0 saturated carbocycles. The molecule has 1 amide bonds. The normalized spacial score (nSPS) is 11.1. The number of aryl methyl sites for hydroxylation is 3. The van der Waals surface area contributed by atoms with Gasteiger partial charge in [-0.05, 0) is 38.1 Å². The van der Waals surface area contributed by atoms with Crippen LogP contribution in [0.2, 0.25) is 0 Å². The van der Waals surface area contributed by atoms with Gasteiger partial charge in [0.15, 0.2) is 5.65 Å². The Hall–Kier alpha value is -4.26. The van der Waals surface area contributed by atoms with Crippen molar-refractivity contribution in [2.75, 3.05) is 5.32 Å². The molecule has 0 bridgehead atoms. The molecule has 158 valence electrons. The van der Waals surface area contributed by atoms with Gasteiger partial charge in [0, 0.05) is 24.2 Å². The number of nitrogens with zero attached hydrogens (tertiary/aromatic N) is 5. The average Bonchev–Trinajstić information content (AvgIpc) is 3.36. The van der Waals surface area contributed by atoms with Gasteiger partial charge in [0.2, 0.25) is 0 Å². The van der Waals surface area contributed by atoms with Crippen LogP contribution in [0.3, 0.4) is 0 Å². The number of benzene rings is 2. The molecule has 2 aromatic carbocycles. The third kappa shape index (κ3) is 3.54. The fourth-order valence-corrected chi connectivity index (χ4v) is 3.83. The number of nitrogens with one attached hydrogen (secondary N) is 1. The summed E-state index contributed by atoms with van der Waals surface area (Å²) < 4.78 is 3.47. The zero-order valence-corrected chi connectivity index (χ0v) is 18.1. The van der Waals surface area contributed by atoms with Crippen LogP contribution in [0.4, 0.5) is 5.69 Å². The number of pyridine rings is 1. The van der Waals surface area contributed by atoms with E-state index in [1.54, 1.807) is 21.8 Å². The summed E-state index contributed by atoms with van der Waals surface area (Å²) >= 11 is 0. The van der Waals surface area contributed by atoms with E-state index in [0.29, 0.717) is 16.9 Å². The lowest BCUT2D eigenvalue weighted by atomic mass is 10.1. The van der Waals surface area contributed by atoms with Crippen molar-refractivity contribution in [3.05, 3.63) is 89.9 Å². The summed E-state index contributed by atoms with van der Waals surface area (Å²) in [5.74, 6) is -0.244. The van der Waals surface area contributed by atoms with E-state index in [0.717, 1.165) is 33.5 Å². The highest BCUT2D eigenvalue weighted by Gasteiger charge is 2.20. The summed E-state index contributed by atoms with van der Waals surface area (Å²) in [4.78, 5) is 17.8. The average molecular weight is 422 g/mol. The van der Waals surface area contributed by atoms with Crippen LogP contribution in [-0.4, -0.2) is 30.5 Å². The zero-order chi connectivity index (χ0) is 22.2. The van der Waals surface area contributed by atoms with Crippen LogP contribution >= 0.6 is 0 Å². The van der Waals surface area contributed by atoms with E-state index in [-0.39, 0.29) is 5.91 Å². The minimum atomic E-state index is -0.244. The first-order chi connectivity index (χ1) is 15.5. The van der Waals surface area contributed by atoms with Gasteiger partial charge in [0.05, 0.1) is 28.8 Å². The molecule has 0 unspecified atom stereocenters. The van der Waals surface area contributed by atoms with E-state index in [2.05, 4.69) is 15.4 Å². The molecule has 3 aromatic heterocycles. The Labute approximate surface area is 185 Å². The molecule has 3 heterocycles. The smallest absolute Gasteiger partial charge is 0.259 e. The molecule has 0 aliphatic rings. The molecule has 0 fully saturated rings. The molecule has 32 heavy (non-hydrogen) atoms. The van der Waals surface area contributed by atoms with Crippen molar-refractivity contribution in [3.8, 4) is 16.9 Å². The number of fused-ring (bicyclic) bond motifs is 1.